The lowest BCUT2D eigenvalue weighted by molar-refractivity contribution is -0.703. The third kappa shape index (κ3) is 6.80. The van der Waals surface area contributed by atoms with E-state index in [1.807, 2.05) is 0 Å². The molecule has 3 aromatic rings. The predicted molar refractivity (Wildman–Crippen MR) is 163 cm³/mol. The molecule has 0 saturated carbocycles. The van der Waals surface area contributed by atoms with Crippen molar-refractivity contribution in [3.63, 3.8) is 0 Å². The average Bonchev–Trinajstić information content (AvgIpc) is 3.43. The van der Waals surface area contributed by atoms with Crippen LogP contribution in [0.5, 0.6) is 5.75 Å². The molecule has 2 heterocycles. The molecule has 2 aromatic carbocycles. The van der Waals surface area contributed by atoms with Gasteiger partial charge in [-0.05, 0) is 42.0 Å². The molecule has 0 fully saturated rings. The van der Waals surface area contributed by atoms with Crippen molar-refractivity contribution < 1.29 is 67.7 Å². The Balaban J connectivity index is 1.38. The zero-order valence-corrected chi connectivity index (χ0v) is 26.2. The van der Waals surface area contributed by atoms with Gasteiger partial charge in [0, 0.05) is 34.7 Å². The standard InChI is InChI=1S/C29H27N3O14P2/c33-17-2-5-21-24(10-17)46-25-11-18(34)3-6-22(25)26(21)23-9-16(1-4-20(23)28(37)38)27(36)30-12-19(35)13-31-7-8-32(15-31)14-29(39,47(40,41)42)48(43,44)45/h1-11,15,19,35,39H,12-14H2,(H6-,30,33,34,36,37,38,40,41,42,43,44,45). The minimum absolute atomic E-state index is 0.00172. The summed E-state index contributed by atoms with van der Waals surface area (Å²) in [7, 11) is -11.4. The van der Waals surface area contributed by atoms with Crippen molar-refractivity contribution in [2.24, 2.45) is 0 Å². The van der Waals surface area contributed by atoms with Crippen molar-refractivity contribution in [2.45, 2.75) is 24.3 Å². The number of imidazole rings is 1. The van der Waals surface area contributed by atoms with Crippen LogP contribution in [0.1, 0.15) is 20.7 Å². The molecule has 17 nitrogen and oxygen atoms in total. The topological polar surface area (TPSA) is 284 Å². The van der Waals surface area contributed by atoms with Gasteiger partial charge in [-0.25, -0.2) is 13.9 Å². The van der Waals surface area contributed by atoms with E-state index < -0.39 is 56.0 Å². The van der Waals surface area contributed by atoms with E-state index in [1.54, 1.807) is 0 Å². The van der Waals surface area contributed by atoms with Crippen LogP contribution in [-0.2, 0) is 22.2 Å². The van der Waals surface area contributed by atoms with Crippen molar-refractivity contribution in [3.05, 3.63) is 94.7 Å². The minimum Gasteiger partial charge on any atom is -0.872 e. The molecule has 1 aliphatic heterocycles. The fourth-order valence-electron chi connectivity index (χ4n) is 5.08. The molecule has 1 unspecified atom stereocenters. The van der Waals surface area contributed by atoms with Crippen molar-refractivity contribution >= 4 is 38.0 Å². The second-order valence-electron chi connectivity index (χ2n) is 10.9. The van der Waals surface area contributed by atoms with Gasteiger partial charge in [-0.3, -0.25) is 18.7 Å². The van der Waals surface area contributed by atoms with Crippen molar-refractivity contribution in [1.29, 1.82) is 0 Å². The van der Waals surface area contributed by atoms with Crippen LogP contribution in [0.25, 0.3) is 33.4 Å². The second-order valence-corrected chi connectivity index (χ2v) is 14.9. The average molecular weight is 703 g/mol. The molecule has 0 radical (unpaired) electrons. The van der Waals surface area contributed by atoms with E-state index in [9.17, 15) is 63.5 Å². The Hall–Kier alpha value is -4.70. The number of aromatic nitrogens is 2. The first-order valence-electron chi connectivity index (χ1n) is 13.8. The van der Waals surface area contributed by atoms with Gasteiger partial charge in [-0.1, -0.05) is 12.1 Å². The number of nitrogens with one attached hydrogen (secondary N) is 1. The van der Waals surface area contributed by atoms with Gasteiger partial charge in [0.2, 0.25) is 6.33 Å². The van der Waals surface area contributed by atoms with Gasteiger partial charge in [0.15, 0.2) is 5.43 Å². The molecule has 0 spiro atoms. The summed E-state index contributed by atoms with van der Waals surface area (Å²) >= 11 is 0. The maximum atomic E-state index is 13.2. The van der Waals surface area contributed by atoms with Gasteiger partial charge in [-0.2, -0.15) is 0 Å². The van der Waals surface area contributed by atoms with Crippen LogP contribution < -0.4 is 20.4 Å². The highest BCUT2D eigenvalue weighted by atomic mass is 31.2. The Bertz CT molecular complexity index is 2160. The number of aliphatic hydroxyl groups is 2. The summed E-state index contributed by atoms with van der Waals surface area (Å²) in [6, 6.07) is 11.6. The van der Waals surface area contributed by atoms with E-state index in [0.717, 1.165) is 17.1 Å². The summed E-state index contributed by atoms with van der Waals surface area (Å²) in [4.78, 5) is 74.9. The Labute approximate surface area is 269 Å². The van der Waals surface area contributed by atoms with Crippen LogP contribution in [0.3, 0.4) is 0 Å². The Kier molecular flexibility index (Phi) is 9.18. The molecule has 1 atom stereocenters. The Morgan fingerprint density at radius 1 is 1.00 bits per heavy atom. The van der Waals surface area contributed by atoms with Gasteiger partial charge in [0.1, 0.15) is 42.9 Å². The fraction of sp³-hybridized carbons (Fsp3) is 0.172. The van der Waals surface area contributed by atoms with E-state index in [-0.39, 0.29) is 41.1 Å². The fourth-order valence-corrected chi connectivity index (χ4v) is 7.13. The number of fused-ring (bicyclic) bond motifs is 2. The van der Waals surface area contributed by atoms with E-state index in [1.165, 1.54) is 65.4 Å². The van der Waals surface area contributed by atoms with Crippen LogP contribution in [-0.4, -0.2) is 69.1 Å². The molecular weight excluding hydrogens is 676 g/mol. The number of amides is 1. The van der Waals surface area contributed by atoms with Crippen LogP contribution in [0, 0.1) is 0 Å². The number of aromatic carboxylic acids is 1. The maximum absolute atomic E-state index is 13.2. The summed E-state index contributed by atoms with van der Waals surface area (Å²) < 4.78 is 31.2. The summed E-state index contributed by atoms with van der Waals surface area (Å²) in [5.74, 6) is -2.33. The highest BCUT2D eigenvalue weighted by molar-refractivity contribution is 7.72. The number of hydrogen-bond acceptors (Lipinski definition) is 9. The van der Waals surface area contributed by atoms with E-state index >= 15 is 0 Å². The van der Waals surface area contributed by atoms with Crippen LogP contribution >= 0.6 is 15.2 Å². The number of hydrogen-bond donors (Lipinski definition) is 8. The zero-order valence-electron chi connectivity index (χ0n) is 24.4. The third-order valence-corrected chi connectivity index (χ3v) is 11.2. The van der Waals surface area contributed by atoms with Gasteiger partial charge >= 0.3 is 26.2 Å². The normalized spacial score (nSPS) is 13.1. The first kappa shape index (κ1) is 34.6. The number of nitrogens with zero attached hydrogens (tertiary/aromatic N) is 2. The predicted octanol–water partition coefficient (Wildman–Crippen LogP) is 0.218. The quantitative estimate of drug-likeness (QED) is 0.0519. The van der Waals surface area contributed by atoms with E-state index in [0.29, 0.717) is 16.5 Å². The molecule has 0 bridgehead atoms. The van der Waals surface area contributed by atoms with Gasteiger partial charge in [-0.15, -0.1) is 5.75 Å². The zero-order chi connectivity index (χ0) is 35.2. The molecule has 48 heavy (non-hydrogen) atoms. The summed E-state index contributed by atoms with van der Waals surface area (Å²) in [6.45, 7) is -1.72. The van der Waals surface area contributed by atoms with Crippen molar-refractivity contribution in [1.82, 2.24) is 9.88 Å². The first-order chi connectivity index (χ1) is 22.4. The summed E-state index contributed by atoms with van der Waals surface area (Å²) in [5.41, 5.74) is 0.231. The largest absolute Gasteiger partial charge is 0.872 e. The van der Waals surface area contributed by atoms with Crippen molar-refractivity contribution in [2.75, 3.05) is 6.54 Å². The van der Waals surface area contributed by atoms with Gasteiger partial charge < -0.3 is 49.7 Å². The molecule has 1 aromatic heterocycles. The molecule has 252 valence electrons. The Morgan fingerprint density at radius 3 is 2.38 bits per heavy atom. The van der Waals surface area contributed by atoms with Crippen LogP contribution in [0.4, 0.5) is 0 Å². The molecule has 19 heteroatoms. The number of aliphatic hydroxyl groups excluding tert-OH is 1. The number of benzene rings is 3. The molecule has 8 N–H and O–H groups in total. The monoisotopic (exact) mass is 703 g/mol. The smallest absolute Gasteiger partial charge is 0.373 e. The SMILES string of the molecule is O=C(NCC(O)Cn1cc[n+](CC(O)(P(=O)(O)O)P(=O)(O)O)c1)c1ccc(C(=O)O)c(-c2c3ccc(=O)cc-3oc3cc([O-])ccc23)c1. The Morgan fingerprint density at radius 2 is 1.71 bits per heavy atom. The second kappa shape index (κ2) is 12.7. The van der Waals surface area contributed by atoms with Crippen LogP contribution in [0.2, 0.25) is 0 Å². The molecule has 1 amide bonds. The van der Waals surface area contributed by atoms with E-state index in [2.05, 4.69) is 5.32 Å². The summed E-state index contributed by atoms with van der Waals surface area (Å²) in [5, 5.41) is 41.9. The van der Waals surface area contributed by atoms with Gasteiger partial charge in [0.25, 0.3) is 5.91 Å². The highest BCUT2D eigenvalue weighted by Gasteiger charge is 2.61. The molecular formula is C29H27N3O14P2. The number of carbonyl (C=O) groups excluding carboxylic acids is 1. The van der Waals surface area contributed by atoms with Gasteiger partial charge in [0.05, 0.1) is 5.56 Å². The minimum atomic E-state index is -5.70. The third-order valence-electron chi connectivity index (χ3n) is 7.44. The first-order valence-corrected chi connectivity index (χ1v) is 17.0. The number of carboxylic acids is 1. The molecule has 5 rings (SSSR count). The lowest BCUT2D eigenvalue weighted by Crippen LogP contribution is -2.46. The number of carbonyl (C=O) groups is 2. The van der Waals surface area contributed by atoms with Crippen molar-refractivity contribution in [3.8, 4) is 28.2 Å². The number of carboxylic acid groups (broad SMARTS) is 1. The lowest BCUT2D eigenvalue weighted by Gasteiger charge is -2.27. The lowest BCUT2D eigenvalue weighted by atomic mass is 9.89. The maximum Gasteiger partial charge on any atom is 0.373 e. The highest BCUT2D eigenvalue weighted by Crippen LogP contribution is 2.67. The molecule has 1 aliphatic carbocycles. The van der Waals surface area contributed by atoms with Crippen LogP contribution in [0.15, 0.2) is 82.5 Å². The summed E-state index contributed by atoms with van der Waals surface area (Å²) in [6.07, 6.45) is 2.28. The number of rotatable bonds is 11. The molecule has 0 saturated heterocycles. The van der Waals surface area contributed by atoms with E-state index in [4.69, 9.17) is 4.42 Å². The molecule has 2 aliphatic rings.